The van der Waals surface area contributed by atoms with Crippen molar-refractivity contribution in [2.45, 2.75) is 19.6 Å². The van der Waals surface area contributed by atoms with Crippen LogP contribution < -0.4 is 5.69 Å². The van der Waals surface area contributed by atoms with Gasteiger partial charge in [0, 0.05) is 17.3 Å². The minimum atomic E-state index is -4.44. The zero-order valence-corrected chi connectivity index (χ0v) is 12.4. The lowest BCUT2D eigenvalue weighted by Crippen LogP contribution is -2.22. The van der Waals surface area contributed by atoms with E-state index in [-0.39, 0.29) is 18.0 Å². The average Bonchev–Trinajstić information content (AvgIpc) is 2.82. The topological polar surface area (TPSA) is 76.0 Å². The van der Waals surface area contributed by atoms with E-state index < -0.39 is 17.4 Å². The molecule has 2 heterocycles. The van der Waals surface area contributed by atoms with Crippen molar-refractivity contribution in [2.75, 3.05) is 0 Å². The van der Waals surface area contributed by atoms with Gasteiger partial charge in [-0.05, 0) is 19.1 Å². The summed E-state index contributed by atoms with van der Waals surface area (Å²) in [6.45, 7) is 1.45. The van der Waals surface area contributed by atoms with Gasteiger partial charge in [-0.2, -0.15) is 23.1 Å². The van der Waals surface area contributed by atoms with Crippen LogP contribution in [0.15, 0.2) is 35.1 Å². The van der Waals surface area contributed by atoms with Gasteiger partial charge in [-0.25, -0.2) is 14.2 Å². The fourth-order valence-electron chi connectivity index (χ4n) is 2.33. The first-order chi connectivity index (χ1) is 11.3. The van der Waals surface area contributed by atoms with E-state index in [1.165, 1.54) is 16.5 Å². The first-order valence-electron chi connectivity index (χ1n) is 6.83. The minimum Gasteiger partial charge on any atom is -0.245 e. The molecule has 0 N–H and O–H groups in total. The molecule has 0 unspecified atom stereocenters. The largest absolute Gasteiger partial charge is 0.416 e. The fraction of sp³-hybridized carbons (Fsp3) is 0.200. The first-order valence-corrected chi connectivity index (χ1v) is 6.83. The van der Waals surface area contributed by atoms with Crippen LogP contribution in [0.2, 0.25) is 0 Å². The molecule has 0 fully saturated rings. The van der Waals surface area contributed by atoms with Gasteiger partial charge in [0.25, 0.3) is 0 Å². The molecule has 0 atom stereocenters. The van der Waals surface area contributed by atoms with Crippen molar-refractivity contribution in [3.05, 3.63) is 52.1 Å². The Morgan fingerprint density at radius 2 is 1.92 bits per heavy atom. The molecule has 9 heteroatoms. The molecule has 0 radical (unpaired) electrons. The second-order valence-corrected chi connectivity index (χ2v) is 5.09. The Morgan fingerprint density at radius 3 is 2.50 bits per heavy atom. The number of aromatic nitrogens is 4. The van der Waals surface area contributed by atoms with Crippen LogP contribution in [0.1, 0.15) is 11.3 Å². The van der Waals surface area contributed by atoms with E-state index >= 15 is 0 Å². The maximum atomic E-state index is 12.7. The molecule has 1 aromatic carbocycles. The van der Waals surface area contributed by atoms with Crippen LogP contribution in [-0.4, -0.2) is 19.2 Å². The molecule has 0 aliphatic heterocycles. The normalized spacial score (nSPS) is 11.6. The summed E-state index contributed by atoms with van der Waals surface area (Å²) in [7, 11) is 0. The Labute approximate surface area is 133 Å². The Hall–Kier alpha value is -3.15. The van der Waals surface area contributed by atoms with Gasteiger partial charge in [-0.1, -0.05) is 12.1 Å². The van der Waals surface area contributed by atoms with E-state index in [0.717, 1.165) is 16.8 Å². The van der Waals surface area contributed by atoms with Crippen LogP contribution >= 0.6 is 0 Å². The molecule has 2 aromatic heterocycles. The van der Waals surface area contributed by atoms with Gasteiger partial charge < -0.3 is 0 Å². The van der Waals surface area contributed by atoms with Crippen LogP contribution in [0.5, 0.6) is 0 Å². The predicted octanol–water partition coefficient (Wildman–Crippen LogP) is 2.41. The zero-order chi connectivity index (χ0) is 17.5. The molecular formula is C15H10F3N5O. The monoisotopic (exact) mass is 333 g/mol. The third-order valence-electron chi connectivity index (χ3n) is 3.39. The smallest absolute Gasteiger partial charge is 0.245 e. The van der Waals surface area contributed by atoms with E-state index in [0.29, 0.717) is 11.3 Å². The van der Waals surface area contributed by atoms with E-state index in [9.17, 15) is 18.0 Å². The minimum absolute atomic E-state index is 0.174. The number of fused-ring (bicyclic) bond motifs is 1. The summed E-state index contributed by atoms with van der Waals surface area (Å²) in [5.41, 5.74) is -0.198. The lowest BCUT2D eigenvalue weighted by molar-refractivity contribution is -0.137. The van der Waals surface area contributed by atoms with Crippen LogP contribution in [0.3, 0.4) is 0 Å². The number of rotatable bonds is 2. The molecule has 0 aliphatic carbocycles. The van der Waals surface area contributed by atoms with Gasteiger partial charge in [0.15, 0.2) is 5.65 Å². The highest BCUT2D eigenvalue weighted by atomic mass is 19.4. The number of halogens is 3. The Morgan fingerprint density at radius 1 is 1.25 bits per heavy atom. The third-order valence-corrected chi connectivity index (χ3v) is 3.39. The average molecular weight is 333 g/mol. The van der Waals surface area contributed by atoms with Crippen molar-refractivity contribution >= 4 is 5.65 Å². The Kier molecular flexibility index (Phi) is 3.60. The highest BCUT2D eigenvalue weighted by molar-refractivity contribution is 5.60. The fourth-order valence-corrected chi connectivity index (χ4v) is 2.33. The standard InChI is InChI=1S/C15H10F3N5O/c1-9-8-12-21-22(7-6-19)14(24)23(12)13(20-9)10-2-4-11(5-3-10)15(16,17)18/h2-5,8H,7H2,1H3. The first kappa shape index (κ1) is 15.7. The second kappa shape index (κ2) is 5.49. The Balaban J connectivity index is 2.22. The number of nitriles is 1. The summed E-state index contributed by atoms with van der Waals surface area (Å²) in [6, 6.07) is 7.73. The molecule has 0 saturated heterocycles. The SMILES string of the molecule is Cc1cc2nn(CC#N)c(=O)n2c(-c2ccc(C(F)(F)F)cc2)n1. The highest BCUT2D eigenvalue weighted by Crippen LogP contribution is 2.30. The van der Waals surface area contributed by atoms with E-state index in [1.807, 2.05) is 6.07 Å². The molecule has 122 valence electrons. The summed E-state index contributed by atoms with van der Waals surface area (Å²) >= 11 is 0. The van der Waals surface area contributed by atoms with E-state index in [4.69, 9.17) is 5.26 Å². The van der Waals surface area contributed by atoms with Gasteiger partial charge >= 0.3 is 11.9 Å². The number of hydrogen-bond acceptors (Lipinski definition) is 4. The lowest BCUT2D eigenvalue weighted by Gasteiger charge is -2.08. The molecule has 0 saturated carbocycles. The predicted molar refractivity (Wildman–Crippen MR) is 78.0 cm³/mol. The number of nitrogens with zero attached hydrogens (tertiary/aromatic N) is 5. The van der Waals surface area contributed by atoms with Gasteiger partial charge in [0.05, 0.1) is 11.6 Å². The van der Waals surface area contributed by atoms with Crippen LogP contribution in [0.4, 0.5) is 13.2 Å². The lowest BCUT2D eigenvalue weighted by atomic mass is 10.1. The molecule has 24 heavy (non-hydrogen) atoms. The van der Waals surface area contributed by atoms with Crippen LogP contribution in [-0.2, 0) is 12.7 Å². The van der Waals surface area contributed by atoms with Crippen molar-refractivity contribution in [3.8, 4) is 17.5 Å². The van der Waals surface area contributed by atoms with Crippen molar-refractivity contribution < 1.29 is 13.2 Å². The quantitative estimate of drug-likeness (QED) is 0.722. The van der Waals surface area contributed by atoms with E-state index in [2.05, 4.69) is 10.1 Å². The number of alkyl halides is 3. The van der Waals surface area contributed by atoms with Crippen molar-refractivity contribution in [2.24, 2.45) is 0 Å². The van der Waals surface area contributed by atoms with Crippen LogP contribution in [0, 0.1) is 18.3 Å². The molecule has 3 aromatic rings. The molecule has 3 rings (SSSR count). The number of aryl methyl sites for hydroxylation is 1. The summed E-state index contributed by atoms with van der Waals surface area (Å²) in [5, 5.41) is 12.8. The van der Waals surface area contributed by atoms with E-state index in [1.54, 1.807) is 13.0 Å². The highest BCUT2D eigenvalue weighted by Gasteiger charge is 2.30. The van der Waals surface area contributed by atoms with Crippen molar-refractivity contribution in [1.29, 1.82) is 5.26 Å². The number of hydrogen-bond donors (Lipinski definition) is 0. The zero-order valence-electron chi connectivity index (χ0n) is 12.4. The van der Waals surface area contributed by atoms with Crippen LogP contribution in [0.25, 0.3) is 17.0 Å². The summed E-state index contributed by atoms with van der Waals surface area (Å²) < 4.78 is 40.2. The van der Waals surface area contributed by atoms with Gasteiger partial charge in [-0.15, -0.1) is 5.10 Å². The molecule has 0 bridgehead atoms. The maximum absolute atomic E-state index is 12.7. The molecule has 0 spiro atoms. The van der Waals surface area contributed by atoms with Crippen molar-refractivity contribution in [3.63, 3.8) is 0 Å². The van der Waals surface area contributed by atoms with Gasteiger partial charge in [0.1, 0.15) is 12.4 Å². The summed E-state index contributed by atoms with van der Waals surface area (Å²) in [6.07, 6.45) is -4.44. The van der Waals surface area contributed by atoms with Gasteiger partial charge in [0.2, 0.25) is 0 Å². The van der Waals surface area contributed by atoms with Crippen molar-refractivity contribution in [1.82, 2.24) is 19.2 Å². The summed E-state index contributed by atoms with van der Waals surface area (Å²) in [4.78, 5) is 16.6. The molecule has 0 amide bonds. The number of benzene rings is 1. The Bertz CT molecular complexity index is 1010. The molecular weight excluding hydrogens is 323 g/mol. The summed E-state index contributed by atoms with van der Waals surface area (Å²) in [5.74, 6) is 0.174. The van der Waals surface area contributed by atoms with Gasteiger partial charge in [-0.3, -0.25) is 0 Å². The second-order valence-electron chi connectivity index (χ2n) is 5.09. The third kappa shape index (κ3) is 2.62. The molecule has 0 aliphatic rings. The molecule has 6 nitrogen and oxygen atoms in total. The maximum Gasteiger partial charge on any atom is 0.416 e.